The van der Waals surface area contributed by atoms with Gasteiger partial charge in [0.05, 0.1) is 11.1 Å². The Labute approximate surface area is 138 Å². The number of rotatable bonds is 2. The van der Waals surface area contributed by atoms with Crippen LogP contribution in [0.5, 0.6) is 0 Å². The van der Waals surface area contributed by atoms with E-state index in [9.17, 15) is 19.8 Å². The predicted octanol–water partition coefficient (Wildman–Crippen LogP) is 4.10. The van der Waals surface area contributed by atoms with Crippen molar-refractivity contribution in [1.29, 1.82) is 0 Å². The fraction of sp³-hybridized carbons (Fsp3) is 0.789. The Kier molecular flexibility index (Phi) is 4.28. The third kappa shape index (κ3) is 2.81. The molecular formula is C19H28O4. The van der Waals surface area contributed by atoms with E-state index in [-0.39, 0.29) is 28.4 Å². The van der Waals surface area contributed by atoms with Gasteiger partial charge in [0.2, 0.25) is 0 Å². The lowest BCUT2D eigenvalue weighted by Gasteiger charge is -2.46. The second-order valence-electron chi connectivity index (χ2n) is 8.36. The zero-order valence-corrected chi connectivity index (χ0v) is 14.2. The summed E-state index contributed by atoms with van der Waals surface area (Å²) < 4.78 is 0. The topological polar surface area (TPSA) is 74.6 Å². The smallest absolute Gasteiger partial charge is 0.332 e. The molecule has 0 amide bonds. The van der Waals surface area contributed by atoms with Crippen LogP contribution in [0.2, 0.25) is 0 Å². The molecule has 2 fully saturated rings. The molecule has 0 aliphatic heterocycles. The van der Waals surface area contributed by atoms with E-state index in [0.717, 1.165) is 51.4 Å². The molecule has 6 rings (SSSR count). The van der Waals surface area contributed by atoms with Gasteiger partial charge < -0.3 is 10.2 Å². The van der Waals surface area contributed by atoms with Crippen molar-refractivity contribution in [3.8, 4) is 0 Å². The van der Waals surface area contributed by atoms with E-state index < -0.39 is 11.9 Å². The highest BCUT2D eigenvalue weighted by atomic mass is 16.4. The second-order valence-corrected chi connectivity index (χ2v) is 8.36. The Morgan fingerprint density at radius 3 is 1.30 bits per heavy atom. The fourth-order valence-corrected chi connectivity index (χ4v) is 5.61. The largest absolute Gasteiger partial charge is 0.478 e. The van der Waals surface area contributed by atoms with Gasteiger partial charge in [-0.3, -0.25) is 0 Å². The molecule has 0 saturated heterocycles. The minimum atomic E-state index is -1.01. The maximum absolute atomic E-state index is 11.9. The molecule has 23 heavy (non-hydrogen) atoms. The van der Waals surface area contributed by atoms with Crippen molar-refractivity contribution in [2.24, 2.45) is 29.1 Å². The molecular weight excluding hydrogens is 292 g/mol. The highest BCUT2D eigenvalue weighted by molar-refractivity contribution is 5.99. The molecule has 6 aliphatic rings. The molecule has 0 aromatic carbocycles. The van der Waals surface area contributed by atoms with Crippen molar-refractivity contribution in [3.63, 3.8) is 0 Å². The molecule has 2 N–H and O–H groups in total. The minimum absolute atomic E-state index is 0.0807. The number of hydrogen-bond donors (Lipinski definition) is 2. The summed E-state index contributed by atoms with van der Waals surface area (Å²) in [4.78, 5) is 23.8. The van der Waals surface area contributed by atoms with Crippen molar-refractivity contribution in [3.05, 3.63) is 11.1 Å². The highest BCUT2D eigenvalue weighted by Crippen LogP contribution is 2.53. The summed E-state index contributed by atoms with van der Waals surface area (Å²) in [5, 5.41) is 19.5. The number of carboxylic acid groups (broad SMARTS) is 2. The van der Waals surface area contributed by atoms with Crippen LogP contribution in [-0.4, -0.2) is 22.2 Å². The Bertz CT molecular complexity index is 484. The van der Waals surface area contributed by atoms with Crippen molar-refractivity contribution in [2.75, 3.05) is 0 Å². The summed E-state index contributed by atoms with van der Waals surface area (Å²) in [6, 6.07) is 0. The quantitative estimate of drug-likeness (QED) is 0.803. The number of carboxylic acids is 2. The van der Waals surface area contributed by atoms with Gasteiger partial charge in [0, 0.05) is 0 Å². The van der Waals surface area contributed by atoms with Crippen LogP contribution in [0, 0.1) is 29.1 Å². The Morgan fingerprint density at radius 1 is 0.739 bits per heavy atom. The minimum Gasteiger partial charge on any atom is -0.478 e. The first-order valence-electron chi connectivity index (χ1n) is 9.03. The van der Waals surface area contributed by atoms with Crippen molar-refractivity contribution in [1.82, 2.24) is 0 Å². The standard InChI is InChI=1S/C19H28O4/c1-19(2)13-7-3-11(4-8-13)15(17(20)21)16(18(22)23)12-5-9-14(19)10-6-12/h11-14H,3-10H2,1-2H3,(H,20,21)(H,22,23)/b16-15-. The van der Waals surface area contributed by atoms with Gasteiger partial charge in [-0.05, 0) is 80.5 Å². The zero-order chi connectivity index (χ0) is 16.8. The molecule has 128 valence electrons. The molecule has 0 atom stereocenters. The molecule has 0 spiro atoms. The van der Waals surface area contributed by atoms with Crippen molar-refractivity contribution >= 4 is 11.9 Å². The summed E-state index contributed by atoms with van der Waals surface area (Å²) >= 11 is 0. The van der Waals surface area contributed by atoms with Crippen LogP contribution in [0.3, 0.4) is 0 Å². The monoisotopic (exact) mass is 320 g/mol. The molecule has 0 radical (unpaired) electrons. The molecule has 4 nitrogen and oxygen atoms in total. The molecule has 0 heterocycles. The summed E-state index contributed by atoms with van der Waals surface area (Å²) in [6.07, 6.45) is 7.42. The fourth-order valence-electron chi connectivity index (χ4n) is 5.61. The first-order valence-corrected chi connectivity index (χ1v) is 9.03. The zero-order valence-electron chi connectivity index (χ0n) is 14.2. The van der Waals surface area contributed by atoms with E-state index in [1.165, 1.54) is 0 Å². The van der Waals surface area contributed by atoms with Gasteiger partial charge in [0.1, 0.15) is 0 Å². The Balaban J connectivity index is 2.08. The second kappa shape index (κ2) is 5.95. The number of carbonyl (C=O) groups is 2. The molecule has 0 aromatic rings. The van der Waals surface area contributed by atoms with Crippen LogP contribution in [0.1, 0.15) is 65.2 Å². The first-order chi connectivity index (χ1) is 10.8. The Hall–Kier alpha value is -1.32. The molecule has 6 aliphatic carbocycles. The van der Waals surface area contributed by atoms with Crippen LogP contribution < -0.4 is 0 Å². The lowest BCUT2D eigenvalue weighted by atomic mass is 9.59. The lowest BCUT2D eigenvalue weighted by Crippen LogP contribution is -2.36. The normalized spacial score (nSPS) is 39.7. The van der Waals surface area contributed by atoms with Crippen LogP contribution >= 0.6 is 0 Å². The van der Waals surface area contributed by atoms with Crippen LogP contribution in [0.25, 0.3) is 0 Å². The van der Waals surface area contributed by atoms with Crippen LogP contribution in [-0.2, 0) is 9.59 Å². The maximum Gasteiger partial charge on any atom is 0.332 e. The van der Waals surface area contributed by atoms with Crippen LogP contribution in [0.15, 0.2) is 11.1 Å². The third-order valence-electron chi connectivity index (χ3n) is 7.13. The van der Waals surface area contributed by atoms with Crippen LogP contribution in [0.4, 0.5) is 0 Å². The van der Waals surface area contributed by atoms with Gasteiger partial charge in [0.25, 0.3) is 0 Å². The summed E-state index contributed by atoms with van der Waals surface area (Å²) in [5.41, 5.74) is 0.728. The van der Waals surface area contributed by atoms with Gasteiger partial charge in [0.15, 0.2) is 0 Å². The SMILES string of the molecule is CC1(C)C2CCC(CC2)/C(C(=O)O)=C(/C(=O)O)C2CCC1CC2. The van der Waals surface area contributed by atoms with Gasteiger partial charge in [-0.2, -0.15) is 0 Å². The number of aliphatic carboxylic acids is 2. The molecule has 4 heteroatoms. The first kappa shape index (κ1) is 16.5. The molecule has 0 aromatic heterocycles. The highest BCUT2D eigenvalue weighted by Gasteiger charge is 2.45. The average Bonchev–Trinajstić information content (AvgIpc) is 2.56. The predicted molar refractivity (Wildman–Crippen MR) is 87.0 cm³/mol. The van der Waals surface area contributed by atoms with Gasteiger partial charge in [-0.1, -0.05) is 13.8 Å². The maximum atomic E-state index is 11.9. The summed E-state index contributed by atoms with van der Waals surface area (Å²) in [7, 11) is 0. The average molecular weight is 320 g/mol. The third-order valence-corrected chi connectivity index (χ3v) is 7.13. The molecule has 2 saturated carbocycles. The van der Waals surface area contributed by atoms with E-state index in [2.05, 4.69) is 13.8 Å². The van der Waals surface area contributed by atoms with E-state index in [4.69, 9.17) is 0 Å². The van der Waals surface area contributed by atoms with Crippen molar-refractivity contribution < 1.29 is 19.8 Å². The lowest BCUT2D eigenvalue weighted by molar-refractivity contribution is -0.137. The van der Waals surface area contributed by atoms with Gasteiger partial charge >= 0.3 is 11.9 Å². The van der Waals surface area contributed by atoms with E-state index in [1.54, 1.807) is 0 Å². The molecule has 4 bridgehead atoms. The van der Waals surface area contributed by atoms with Gasteiger partial charge in [-0.15, -0.1) is 0 Å². The van der Waals surface area contributed by atoms with Gasteiger partial charge in [-0.25, -0.2) is 9.59 Å². The molecule has 0 unspecified atom stereocenters. The summed E-state index contributed by atoms with van der Waals surface area (Å²) in [5.74, 6) is -0.896. The Morgan fingerprint density at radius 2 is 1.04 bits per heavy atom. The summed E-state index contributed by atoms with van der Waals surface area (Å²) in [6.45, 7) is 4.76. The van der Waals surface area contributed by atoms with E-state index in [0.29, 0.717) is 11.8 Å². The van der Waals surface area contributed by atoms with E-state index in [1.807, 2.05) is 0 Å². The van der Waals surface area contributed by atoms with Crippen molar-refractivity contribution in [2.45, 2.75) is 65.2 Å². The van der Waals surface area contributed by atoms with E-state index >= 15 is 0 Å². The number of hydrogen-bond acceptors (Lipinski definition) is 2.